The molecular formula is C10H11N3O. The van der Waals surface area contributed by atoms with E-state index in [0.717, 1.165) is 0 Å². The highest BCUT2D eigenvalue weighted by Gasteiger charge is 2.14. The summed E-state index contributed by atoms with van der Waals surface area (Å²) in [5, 5.41) is 8.60. The lowest BCUT2D eigenvalue weighted by Crippen LogP contribution is -2.21. The Hall–Kier alpha value is -1.73. The summed E-state index contributed by atoms with van der Waals surface area (Å²) in [5.41, 5.74) is 6.39. The second-order valence-electron chi connectivity index (χ2n) is 2.86. The first kappa shape index (κ1) is 10.4. The SMILES string of the molecule is CCC(=O)C(N)c1cccc(C#N)n1. The van der Waals surface area contributed by atoms with Gasteiger partial charge in [0.2, 0.25) is 0 Å². The Morgan fingerprint density at radius 3 is 3.00 bits per heavy atom. The van der Waals surface area contributed by atoms with Gasteiger partial charge < -0.3 is 5.73 Å². The minimum absolute atomic E-state index is 0.0763. The van der Waals surface area contributed by atoms with Crippen LogP contribution in [-0.4, -0.2) is 10.8 Å². The van der Waals surface area contributed by atoms with Crippen LogP contribution in [0.1, 0.15) is 30.8 Å². The van der Waals surface area contributed by atoms with E-state index in [2.05, 4.69) is 4.98 Å². The van der Waals surface area contributed by atoms with Gasteiger partial charge in [0.1, 0.15) is 17.8 Å². The maximum absolute atomic E-state index is 11.3. The number of rotatable bonds is 3. The molecule has 1 atom stereocenters. The van der Waals surface area contributed by atoms with E-state index < -0.39 is 6.04 Å². The lowest BCUT2D eigenvalue weighted by molar-refractivity contribution is -0.120. The maximum Gasteiger partial charge on any atom is 0.155 e. The minimum atomic E-state index is -0.715. The van der Waals surface area contributed by atoms with Crippen LogP contribution in [0.15, 0.2) is 18.2 Å². The lowest BCUT2D eigenvalue weighted by atomic mass is 10.1. The van der Waals surface area contributed by atoms with Gasteiger partial charge in [-0.25, -0.2) is 4.98 Å². The third kappa shape index (κ3) is 2.15. The summed E-state index contributed by atoms with van der Waals surface area (Å²) in [7, 11) is 0. The second kappa shape index (κ2) is 4.49. The topological polar surface area (TPSA) is 79.8 Å². The van der Waals surface area contributed by atoms with Gasteiger partial charge in [-0.05, 0) is 12.1 Å². The quantitative estimate of drug-likeness (QED) is 0.767. The first-order valence-electron chi connectivity index (χ1n) is 4.34. The zero-order valence-electron chi connectivity index (χ0n) is 7.90. The van der Waals surface area contributed by atoms with Crippen molar-refractivity contribution >= 4 is 5.78 Å². The third-order valence-corrected chi connectivity index (χ3v) is 1.90. The van der Waals surface area contributed by atoms with Crippen molar-refractivity contribution in [1.29, 1.82) is 5.26 Å². The molecule has 4 heteroatoms. The van der Waals surface area contributed by atoms with E-state index in [4.69, 9.17) is 11.0 Å². The summed E-state index contributed by atoms with van der Waals surface area (Å²) in [4.78, 5) is 15.2. The van der Waals surface area contributed by atoms with Gasteiger partial charge >= 0.3 is 0 Å². The zero-order chi connectivity index (χ0) is 10.6. The van der Waals surface area contributed by atoms with E-state index in [-0.39, 0.29) is 11.5 Å². The molecule has 0 aromatic carbocycles. The van der Waals surface area contributed by atoms with Crippen LogP contribution in [0.3, 0.4) is 0 Å². The molecule has 0 radical (unpaired) electrons. The van der Waals surface area contributed by atoms with Crippen LogP contribution in [0.4, 0.5) is 0 Å². The van der Waals surface area contributed by atoms with E-state index >= 15 is 0 Å². The predicted molar refractivity (Wildman–Crippen MR) is 51.2 cm³/mol. The molecule has 1 aromatic heterocycles. The molecule has 0 aliphatic rings. The van der Waals surface area contributed by atoms with Crippen molar-refractivity contribution in [3.63, 3.8) is 0 Å². The standard InChI is InChI=1S/C10H11N3O/c1-2-9(14)10(12)8-5-3-4-7(6-11)13-8/h3-5,10H,2,12H2,1H3. The predicted octanol–water partition coefficient (Wildman–Crippen LogP) is 0.932. The van der Waals surface area contributed by atoms with Gasteiger partial charge in [-0.3, -0.25) is 4.79 Å². The largest absolute Gasteiger partial charge is 0.317 e. The Kier molecular flexibility index (Phi) is 3.32. The van der Waals surface area contributed by atoms with Gasteiger partial charge in [0.15, 0.2) is 5.78 Å². The first-order valence-corrected chi connectivity index (χ1v) is 4.34. The van der Waals surface area contributed by atoms with Crippen molar-refractivity contribution in [1.82, 2.24) is 4.98 Å². The smallest absolute Gasteiger partial charge is 0.155 e. The zero-order valence-corrected chi connectivity index (χ0v) is 7.90. The Morgan fingerprint density at radius 1 is 1.71 bits per heavy atom. The molecule has 0 aliphatic heterocycles. The third-order valence-electron chi connectivity index (χ3n) is 1.90. The number of nitrogens with zero attached hydrogens (tertiary/aromatic N) is 2. The minimum Gasteiger partial charge on any atom is -0.317 e. The van der Waals surface area contributed by atoms with Crippen LogP contribution in [0.2, 0.25) is 0 Å². The second-order valence-corrected chi connectivity index (χ2v) is 2.86. The monoisotopic (exact) mass is 189 g/mol. The van der Waals surface area contributed by atoms with Crippen molar-refractivity contribution in [2.24, 2.45) is 5.73 Å². The van der Waals surface area contributed by atoms with E-state index in [9.17, 15) is 4.79 Å². The molecule has 1 unspecified atom stereocenters. The molecule has 1 aromatic rings. The van der Waals surface area contributed by atoms with E-state index in [1.54, 1.807) is 25.1 Å². The number of carbonyl (C=O) groups excluding carboxylic acids is 1. The molecular weight excluding hydrogens is 178 g/mol. The normalized spacial score (nSPS) is 11.8. The molecule has 1 heterocycles. The van der Waals surface area contributed by atoms with Gasteiger partial charge in [0, 0.05) is 6.42 Å². The molecule has 0 saturated carbocycles. The first-order chi connectivity index (χ1) is 6.69. The number of aromatic nitrogens is 1. The number of hydrogen-bond donors (Lipinski definition) is 1. The Labute approximate surface area is 82.4 Å². The van der Waals surface area contributed by atoms with E-state index in [1.807, 2.05) is 6.07 Å². The molecule has 0 amide bonds. The van der Waals surface area contributed by atoms with Crippen molar-refractivity contribution in [2.75, 3.05) is 0 Å². The molecule has 0 fully saturated rings. The van der Waals surface area contributed by atoms with Gasteiger partial charge in [-0.1, -0.05) is 13.0 Å². The molecule has 0 aliphatic carbocycles. The number of nitriles is 1. The molecule has 72 valence electrons. The van der Waals surface area contributed by atoms with Crippen LogP contribution in [0.25, 0.3) is 0 Å². The van der Waals surface area contributed by atoms with E-state index in [1.165, 1.54) is 0 Å². The van der Waals surface area contributed by atoms with Gasteiger partial charge in [-0.2, -0.15) is 5.26 Å². The number of pyridine rings is 1. The summed E-state index contributed by atoms with van der Waals surface area (Å²) >= 11 is 0. The summed E-state index contributed by atoms with van der Waals surface area (Å²) in [6, 6.07) is 6.08. The fourth-order valence-electron chi connectivity index (χ4n) is 1.07. The number of hydrogen-bond acceptors (Lipinski definition) is 4. The average Bonchev–Trinajstić information content (AvgIpc) is 2.27. The van der Waals surface area contributed by atoms with Gasteiger partial charge in [0.05, 0.1) is 5.69 Å². The molecule has 2 N–H and O–H groups in total. The Morgan fingerprint density at radius 2 is 2.43 bits per heavy atom. The van der Waals surface area contributed by atoms with Crippen LogP contribution in [-0.2, 0) is 4.79 Å². The number of ketones is 1. The maximum atomic E-state index is 11.3. The van der Waals surface area contributed by atoms with Crippen molar-refractivity contribution < 1.29 is 4.79 Å². The summed E-state index contributed by atoms with van der Waals surface area (Å²) < 4.78 is 0. The molecule has 14 heavy (non-hydrogen) atoms. The highest BCUT2D eigenvalue weighted by Crippen LogP contribution is 2.10. The number of Topliss-reactive ketones (excluding diaryl/α,β-unsaturated/α-hetero) is 1. The molecule has 0 saturated heterocycles. The Balaban J connectivity index is 2.96. The summed E-state index contributed by atoms with van der Waals surface area (Å²) in [6.45, 7) is 1.75. The van der Waals surface area contributed by atoms with Crippen LogP contribution in [0, 0.1) is 11.3 Å². The van der Waals surface area contributed by atoms with Crippen LogP contribution < -0.4 is 5.73 Å². The van der Waals surface area contributed by atoms with Crippen LogP contribution >= 0.6 is 0 Å². The fraction of sp³-hybridized carbons (Fsp3) is 0.300. The van der Waals surface area contributed by atoms with Gasteiger partial charge in [0.25, 0.3) is 0 Å². The summed E-state index contributed by atoms with van der Waals surface area (Å²) in [5.74, 6) is -0.0763. The Bertz CT molecular complexity index is 381. The average molecular weight is 189 g/mol. The highest BCUT2D eigenvalue weighted by molar-refractivity contribution is 5.84. The van der Waals surface area contributed by atoms with Crippen molar-refractivity contribution in [3.8, 4) is 6.07 Å². The van der Waals surface area contributed by atoms with Crippen molar-refractivity contribution in [2.45, 2.75) is 19.4 Å². The number of nitrogens with two attached hydrogens (primary N) is 1. The van der Waals surface area contributed by atoms with Crippen molar-refractivity contribution in [3.05, 3.63) is 29.6 Å². The molecule has 4 nitrogen and oxygen atoms in total. The molecule has 1 rings (SSSR count). The number of carbonyl (C=O) groups is 1. The molecule has 0 spiro atoms. The van der Waals surface area contributed by atoms with Crippen LogP contribution in [0.5, 0.6) is 0 Å². The fourth-order valence-corrected chi connectivity index (χ4v) is 1.07. The molecule has 0 bridgehead atoms. The lowest BCUT2D eigenvalue weighted by Gasteiger charge is -2.07. The van der Waals surface area contributed by atoms with Gasteiger partial charge in [-0.15, -0.1) is 0 Å². The van der Waals surface area contributed by atoms with E-state index in [0.29, 0.717) is 12.1 Å². The summed E-state index contributed by atoms with van der Waals surface area (Å²) in [6.07, 6.45) is 0.375. The highest BCUT2D eigenvalue weighted by atomic mass is 16.1.